The second kappa shape index (κ2) is 8.03. The Kier molecular flexibility index (Phi) is 5.41. The Hall–Kier alpha value is -3.39. The van der Waals surface area contributed by atoms with Gasteiger partial charge in [0.05, 0.1) is 11.2 Å². The van der Waals surface area contributed by atoms with Gasteiger partial charge in [-0.3, -0.25) is 4.57 Å². The number of carbonyl (C=O) groups is 1. The summed E-state index contributed by atoms with van der Waals surface area (Å²) in [4.78, 5) is 21.4. The molecule has 7 nitrogen and oxygen atoms in total. The normalized spacial score (nSPS) is 11.5. The second-order valence-corrected chi connectivity index (χ2v) is 8.96. The van der Waals surface area contributed by atoms with Gasteiger partial charge in [0.1, 0.15) is 11.4 Å². The minimum absolute atomic E-state index is 0.176. The lowest BCUT2D eigenvalue weighted by molar-refractivity contribution is 0.0540. The summed E-state index contributed by atoms with van der Waals surface area (Å²) in [5.74, 6) is 0.757. The van der Waals surface area contributed by atoms with Crippen LogP contribution in [0.2, 0.25) is 0 Å². The van der Waals surface area contributed by atoms with Crippen LogP contribution in [0.25, 0.3) is 22.2 Å². The monoisotopic (exact) mass is 479 g/mol. The van der Waals surface area contributed by atoms with Crippen molar-refractivity contribution in [1.82, 2.24) is 14.5 Å². The van der Waals surface area contributed by atoms with E-state index in [-0.39, 0.29) is 5.95 Å². The number of carbonyl (C=O) groups excluding carboxylic acids is 1. The van der Waals surface area contributed by atoms with Gasteiger partial charge in [0, 0.05) is 21.7 Å². The van der Waals surface area contributed by atoms with E-state index in [9.17, 15) is 4.79 Å². The summed E-state index contributed by atoms with van der Waals surface area (Å²) >= 11 is 3.48. The van der Waals surface area contributed by atoms with Crippen LogP contribution in [0.5, 0.6) is 0 Å². The molecule has 4 aromatic rings. The molecule has 0 bridgehead atoms. The SMILES string of the molecule is CC(C)(C)OC(=O)n1cccc1-c1ccc2nc(N)nc(Nc3cccc(Br)c3)c2c1. The number of rotatable bonds is 3. The highest BCUT2D eigenvalue weighted by Gasteiger charge is 2.20. The first-order chi connectivity index (χ1) is 14.7. The van der Waals surface area contributed by atoms with Gasteiger partial charge < -0.3 is 15.8 Å². The lowest BCUT2D eigenvalue weighted by Gasteiger charge is -2.20. The molecule has 2 heterocycles. The van der Waals surface area contributed by atoms with Crippen molar-refractivity contribution in [3.05, 3.63) is 65.3 Å². The van der Waals surface area contributed by atoms with Crippen LogP contribution >= 0.6 is 15.9 Å². The Labute approximate surface area is 188 Å². The quantitative estimate of drug-likeness (QED) is 0.375. The van der Waals surface area contributed by atoms with Crippen molar-refractivity contribution in [2.24, 2.45) is 0 Å². The van der Waals surface area contributed by atoms with Crippen molar-refractivity contribution in [1.29, 1.82) is 0 Å². The van der Waals surface area contributed by atoms with E-state index in [1.165, 1.54) is 4.57 Å². The largest absolute Gasteiger partial charge is 0.443 e. The molecule has 2 aromatic heterocycles. The Morgan fingerprint density at radius 2 is 1.90 bits per heavy atom. The van der Waals surface area contributed by atoms with Crippen LogP contribution in [0.3, 0.4) is 0 Å². The number of ether oxygens (including phenoxy) is 1. The lowest BCUT2D eigenvalue weighted by atomic mass is 10.1. The van der Waals surface area contributed by atoms with Gasteiger partial charge in [-0.1, -0.05) is 28.1 Å². The molecule has 8 heteroatoms. The van der Waals surface area contributed by atoms with Crippen molar-refractivity contribution in [2.75, 3.05) is 11.1 Å². The summed E-state index contributed by atoms with van der Waals surface area (Å²) in [6.07, 6.45) is 1.25. The molecule has 0 aliphatic heterocycles. The first-order valence-electron chi connectivity index (χ1n) is 9.70. The summed E-state index contributed by atoms with van der Waals surface area (Å²) < 4.78 is 7.96. The third-order valence-electron chi connectivity index (χ3n) is 4.44. The summed E-state index contributed by atoms with van der Waals surface area (Å²) in [6, 6.07) is 17.1. The molecule has 0 fully saturated rings. The van der Waals surface area contributed by atoms with Gasteiger partial charge in [0.2, 0.25) is 5.95 Å². The third kappa shape index (κ3) is 4.69. The lowest BCUT2D eigenvalue weighted by Crippen LogP contribution is -2.27. The molecule has 0 aliphatic rings. The van der Waals surface area contributed by atoms with Gasteiger partial charge >= 0.3 is 6.09 Å². The van der Waals surface area contributed by atoms with Crippen LogP contribution in [0, 0.1) is 0 Å². The minimum atomic E-state index is -0.589. The molecular weight excluding hydrogens is 458 g/mol. The molecular formula is C23H22BrN5O2. The maximum atomic E-state index is 12.6. The van der Waals surface area contributed by atoms with Crippen LogP contribution < -0.4 is 11.1 Å². The average molecular weight is 480 g/mol. The van der Waals surface area contributed by atoms with Crippen LogP contribution in [-0.2, 0) is 4.74 Å². The van der Waals surface area contributed by atoms with Crippen LogP contribution in [0.15, 0.2) is 65.3 Å². The molecule has 4 rings (SSSR count). The van der Waals surface area contributed by atoms with Gasteiger partial charge in [-0.25, -0.2) is 9.78 Å². The van der Waals surface area contributed by atoms with E-state index in [0.29, 0.717) is 17.0 Å². The van der Waals surface area contributed by atoms with Gasteiger partial charge in [-0.05, 0) is 68.8 Å². The molecule has 0 radical (unpaired) electrons. The van der Waals surface area contributed by atoms with Crippen molar-refractivity contribution in [3.8, 4) is 11.3 Å². The predicted molar refractivity (Wildman–Crippen MR) is 126 cm³/mol. The molecule has 158 valence electrons. The van der Waals surface area contributed by atoms with E-state index < -0.39 is 11.7 Å². The summed E-state index contributed by atoms with van der Waals surface area (Å²) in [7, 11) is 0. The van der Waals surface area contributed by atoms with Gasteiger partial charge in [-0.15, -0.1) is 0 Å². The number of nitrogens with zero attached hydrogens (tertiary/aromatic N) is 3. The van der Waals surface area contributed by atoms with Gasteiger partial charge in [0.15, 0.2) is 0 Å². The number of nitrogens with one attached hydrogen (secondary N) is 1. The van der Waals surface area contributed by atoms with Crippen LogP contribution in [-0.4, -0.2) is 26.2 Å². The number of hydrogen-bond acceptors (Lipinski definition) is 6. The number of hydrogen-bond donors (Lipinski definition) is 2. The van der Waals surface area contributed by atoms with E-state index in [2.05, 4.69) is 31.2 Å². The number of anilines is 3. The number of fused-ring (bicyclic) bond motifs is 1. The smallest absolute Gasteiger partial charge is 0.418 e. The van der Waals surface area contributed by atoms with Crippen molar-refractivity contribution < 1.29 is 9.53 Å². The summed E-state index contributed by atoms with van der Waals surface area (Å²) in [6.45, 7) is 5.52. The van der Waals surface area contributed by atoms with E-state index >= 15 is 0 Å². The van der Waals surface area contributed by atoms with Gasteiger partial charge in [0.25, 0.3) is 0 Å². The van der Waals surface area contributed by atoms with E-state index in [1.807, 2.05) is 75.4 Å². The van der Waals surface area contributed by atoms with Crippen LogP contribution in [0.1, 0.15) is 20.8 Å². The Balaban J connectivity index is 1.78. The van der Waals surface area contributed by atoms with Crippen molar-refractivity contribution >= 4 is 50.4 Å². The molecule has 0 amide bonds. The summed E-state index contributed by atoms with van der Waals surface area (Å²) in [5, 5.41) is 4.09. The maximum absolute atomic E-state index is 12.6. The number of nitrogen functional groups attached to an aromatic ring is 1. The van der Waals surface area contributed by atoms with Gasteiger partial charge in [-0.2, -0.15) is 4.98 Å². The number of halogens is 1. The van der Waals surface area contributed by atoms with Crippen molar-refractivity contribution in [3.63, 3.8) is 0 Å². The zero-order chi connectivity index (χ0) is 22.2. The Morgan fingerprint density at radius 3 is 2.65 bits per heavy atom. The molecule has 31 heavy (non-hydrogen) atoms. The standard InChI is InChI=1S/C23H22BrN5O2/c1-23(2,3)31-22(30)29-11-5-8-19(29)14-9-10-18-17(12-14)20(28-21(25)27-18)26-16-7-4-6-15(24)13-16/h4-13H,1-3H3,(H3,25,26,27,28). The zero-order valence-corrected chi connectivity index (χ0v) is 19.0. The average Bonchev–Trinajstić information content (AvgIpc) is 3.16. The topological polar surface area (TPSA) is 95.1 Å². The molecule has 0 saturated heterocycles. The zero-order valence-electron chi connectivity index (χ0n) is 17.4. The fourth-order valence-electron chi connectivity index (χ4n) is 3.19. The maximum Gasteiger partial charge on any atom is 0.418 e. The highest BCUT2D eigenvalue weighted by atomic mass is 79.9. The molecule has 2 aromatic carbocycles. The molecule has 0 saturated carbocycles. The Bertz CT molecular complexity index is 1280. The highest BCUT2D eigenvalue weighted by Crippen LogP contribution is 2.31. The molecule has 0 spiro atoms. The number of benzene rings is 2. The predicted octanol–water partition coefficient (Wildman–Crippen LogP) is 5.97. The molecule has 0 unspecified atom stereocenters. The van der Waals surface area contributed by atoms with E-state index in [4.69, 9.17) is 10.5 Å². The fourth-order valence-corrected chi connectivity index (χ4v) is 3.59. The van der Waals surface area contributed by atoms with E-state index in [0.717, 1.165) is 21.1 Å². The van der Waals surface area contributed by atoms with Crippen LogP contribution in [0.4, 0.5) is 22.2 Å². The highest BCUT2D eigenvalue weighted by molar-refractivity contribution is 9.10. The van der Waals surface area contributed by atoms with E-state index in [1.54, 1.807) is 6.20 Å². The fraction of sp³-hybridized carbons (Fsp3) is 0.174. The number of nitrogens with two attached hydrogens (primary N) is 1. The first-order valence-corrected chi connectivity index (χ1v) is 10.5. The van der Waals surface area contributed by atoms with Crippen molar-refractivity contribution in [2.45, 2.75) is 26.4 Å². The molecule has 0 atom stereocenters. The Morgan fingerprint density at radius 1 is 1.10 bits per heavy atom. The first kappa shape index (κ1) is 20.9. The summed E-state index contributed by atoms with van der Waals surface area (Å²) in [5.41, 5.74) is 8.43. The molecule has 3 N–H and O–H groups in total. The second-order valence-electron chi connectivity index (χ2n) is 8.04. The molecule has 0 aliphatic carbocycles. The third-order valence-corrected chi connectivity index (χ3v) is 4.93. The number of aromatic nitrogens is 3. The minimum Gasteiger partial charge on any atom is -0.443 e.